The molecule has 0 heterocycles. The van der Waals surface area contributed by atoms with Gasteiger partial charge < -0.3 is 10.6 Å². The van der Waals surface area contributed by atoms with Gasteiger partial charge in [0, 0.05) is 18.2 Å². The van der Waals surface area contributed by atoms with Crippen LogP contribution in [0, 0.1) is 0 Å². The van der Waals surface area contributed by atoms with Gasteiger partial charge in [-0.1, -0.05) is 0 Å². The molecule has 0 unspecified atom stereocenters. The van der Waals surface area contributed by atoms with Gasteiger partial charge in [-0.2, -0.15) is 0 Å². The summed E-state index contributed by atoms with van der Waals surface area (Å²) in [5.41, 5.74) is 1.36. The average Bonchev–Trinajstić information content (AvgIpc) is 2.16. The highest BCUT2D eigenvalue weighted by molar-refractivity contribution is 7.80. The maximum absolute atomic E-state index is 11.0. The van der Waals surface area contributed by atoms with Crippen LogP contribution in [0.25, 0.3) is 0 Å². The summed E-state index contributed by atoms with van der Waals surface area (Å²) >= 11 is 4.89. The largest absolute Gasteiger partial charge is 0.332 e. The molecule has 0 aromatic heterocycles. The van der Waals surface area contributed by atoms with Crippen molar-refractivity contribution < 1.29 is 9.59 Å². The van der Waals surface area contributed by atoms with E-state index in [-0.39, 0.29) is 16.8 Å². The molecule has 0 radical (unpaired) electrons. The number of Topliss-reactive ketones (excluding diaryl/α,β-unsaturated/α-hetero) is 1. The lowest BCUT2D eigenvalue weighted by atomic mass is 10.1. The van der Waals surface area contributed by atoms with E-state index in [0.29, 0.717) is 5.56 Å². The van der Waals surface area contributed by atoms with Gasteiger partial charge in [-0.25, -0.2) is 0 Å². The maximum Gasteiger partial charge on any atom is 0.222 e. The van der Waals surface area contributed by atoms with Crippen molar-refractivity contribution in [3.05, 3.63) is 29.8 Å². The summed E-state index contributed by atoms with van der Waals surface area (Å²) in [5, 5.41) is 5.51. The molecule has 1 aromatic carbocycles. The molecule has 16 heavy (non-hydrogen) atoms. The normalized spacial score (nSPS) is 9.38. The zero-order chi connectivity index (χ0) is 12.1. The third-order valence-corrected chi connectivity index (χ3v) is 2.04. The second kappa shape index (κ2) is 5.37. The third-order valence-electron chi connectivity index (χ3n) is 1.84. The highest BCUT2D eigenvalue weighted by Gasteiger charge is 2.01. The van der Waals surface area contributed by atoms with Crippen molar-refractivity contribution in [1.29, 1.82) is 0 Å². The number of carbonyl (C=O) groups excluding carboxylic acids is 2. The van der Waals surface area contributed by atoms with Crippen LogP contribution in [0.15, 0.2) is 24.3 Å². The monoisotopic (exact) mass is 236 g/mol. The van der Waals surface area contributed by atoms with E-state index in [1.54, 1.807) is 24.3 Å². The van der Waals surface area contributed by atoms with Crippen LogP contribution in [-0.2, 0) is 4.79 Å². The predicted molar refractivity (Wildman–Crippen MR) is 66.5 cm³/mol. The summed E-state index contributed by atoms with van der Waals surface area (Å²) in [5.74, 6) is -0.214. The molecule has 84 valence electrons. The van der Waals surface area contributed by atoms with E-state index in [4.69, 9.17) is 12.2 Å². The molecule has 0 spiro atoms. The Hall–Kier alpha value is -1.75. The number of hydrogen-bond acceptors (Lipinski definition) is 3. The number of nitrogens with one attached hydrogen (secondary N) is 2. The van der Waals surface area contributed by atoms with Gasteiger partial charge in [-0.15, -0.1) is 0 Å². The first-order chi connectivity index (χ1) is 7.49. The van der Waals surface area contributed by atoms with Gasteiger partial charge in [-0.3, -0.25) is 9.59 Å². The van der Waals surface area contributed by atoms with E-state index in [9.17, 15) is 9.59 Å². The van der Waals surface area contributed by atoms with E-state index in [1.807, 2.05) is 0 Å². The first kappa shape index (κ1) is 12.3. The molecule has 0 bridgehead atoms. The molecule has 2 N–H and O–H groups in total. The molecule has 1 rings (SSSR count). The summed E-state index contributed by atoms with van der Waals surface area (Å²) in [6.07, 6.45) is 0. The molecule has 0 fully saturated rings. The molecule has 0 aliphatic heterocycles. The smallest absolute Gasteiger partial charge is 0.222 e. The van der Waals surface area contributed by atoms with Crippen molar-refractivity contribution in [1.82, 2.24) is 5.32 Å². The molecular weight excluding hydrogens is 224 g/mol. The van der Waals surface area contributed by atoms with Crippen LogP contribution < -0.4 is 10.6 Å². The van der Waals surface area contributed by atoms with Crippen molar-refractivity contribution >= 4 is 34.7 Å². The third kappa shape index (κ3) is 3.78. The topological polar surface area (TPSA) is 58.2 Å². The van der Waals surface area contributed by atoms with Crippen molar-refractivity contribution in [3.8, 4) is 0 Å². The van der Waals surface area contributed by atoms with Crippen molar-refractivity contribution in [3.63, 3.8) is 0 Å². The van der Waals surface area contributed by atoms with Crippen LogP contribution in [0.1, 0.15) is 24.2 Å². The Kier molecular flexibility index (Phi) is 4.13. The van der Waals surface area contributed by atoms with E-state index >= 15 is 0 Å². The number of thiocarbonyl (C=S) groups is 1. The average molecular weight is 236 g/mol. The van der Waals surface area contributed by atoms with Crippen LogP contribution in [0.3, 0.4) is 0 Å². The van der Waals surface area contributed by atoms with Crippen LogP contribution in [-0.4, -0.2) is 16.8 Å². The first-order valence-corrected chi connectivity index (χ1v) is 5.09. The summed E-state index contributed by atoms with van der Waals surface area (Å²) in [6, 6.07) is 6.85. The Labute approximate surface area is 99.0 Å². The summed E-state index contributed by atoms with van der Waals surface area (Å²) in [4.78, 5) is 21.7. The lowest BCUT2D eigenvalue weighted by Gasteiger charge is -2.07. The minimum atomic E-state index is -0.224. The molecule has 0 saturated carbocycles. The summed E-state index contributed by atoms with van der Waals surface area (Å²) in [7, 11) is 0. The number of amides is 1. The Balaban J connectivity index is 2.65. The first-order valence-electron chi connectivity index (χ1n) is 4.68. The molecule has 4 nitrogen and oxygen atoms in total. The SMILES string of the molecule is CC(=O)NC(=S)Nc1ccc(C(C)=O)cc1. The molecular formula is C11H12N2O2S. The Bertz CT molecular complexity index is 426. The lowest BCUT2D eigenvalue weighted by molar-refractivity contribution is -0.117. The van der Waals surface area contributed by atoms with Crippen LogP contribution in [0.4, 0.5) is 5.69 Å². The Morgan fingerprint density at radius 3 is 2.12 bits per heavy atom. The van der Waals surface area contributed by atoms with Crippen molar-refractivity contribution in [2.24, 2.45) is 0 Å². The molecule has 0 aliphatic carbocycles. The van der Waals surface area contributed by atoms with Gasteiger partial charge in [0.1, 0.15) is 0 Å². The fraction of sp³-hybridized carbons (Fsp3) is 0.182. The van der Waals surface area contributed by atoms with Gasteiger partial charge in [0.25, 0.3) is 0 Å². The fourth-order valence-electron chi connectivity index (χ4n) is 1.11. The summed E-state index contributed by atoms with van der Waals surface area (Å²) in [6.45, 7) is 2.89. The van der Waals surface area contributed by atoms with E-state index in [2.05, 4.69) is 10.6 Å². The zero-order valence-corrected chi connectivity index (χ0v) is 9.85. The van der Waals surface area contributed by atoms with Crippen LogP contribution in [0.2, 0.25) is 0 Å². The number of anilines is 1. The second-order valence-corrected chi connectivity index (χ2v) is 3.68. The minimum absolute atomic E-state index is 0.0102. The second-order valence-electron chi connectivity index (χ2n) is 3.27. The standard InChI is InChI=1S/C11H12N2O2S/c1-7(14)9-3-5-10(6-4-9)13-11(16)12-8(2)15/h3-6H,1-2H3,(H2,12,13,15,16). The van der Waals surface area contributed by atoms with Gasteiger partial charge in [0.15, 0.2) is 10.9 Å². The number of benzene rings is 1. The van der Waals surface area contributed by atoms with E-state index in [0.717, 1.165) is 5.69 Å². The van der Waals surface area contributed by atoms with Crippen molar-refractivity contribution in [2.75, 3.05) is 5.32 Å². The Morgan fingerprint density at radius 1 is 1.12 bits per heavy atom. The van der Waals surface area contributed by atoms with E-state index < -0.39 is 0 Å². The predicted octanol–water partition coefficient (Wildman–Crippen LogP) is 1.72. The molecule has 0 saturated heterocycles. The zero-order valence-electron chi connectivity index (χ0n) is 9.03. The maximum atomic E-state index is 11.0. The van der Waals surface area contributed by atoms with E-state index in [1.165, 1.54) is 13.8 Å². The lowest BCUT2D eigenvalue weighted by Crippen LogP contribution is -2.32. The number of rotatable bonds is 2. The van der Waals surface area contributed by atoms with Crippen molar-refractivity contribution in [2.45, 2.75) is 13.8 Å². The fourth-order valence-corrected chi connectivity index (χ4v) is 1.37. The quantitative estimate of drug-likeness (QED) is 0.606. The Morgan fingerprint density at radius 2 is 1.69 bits per heavy atom. The molecule has 1 aromatic rings. The molecule has 0 atom stereocenters. The molecule has 5 heteroatoms. The van der Waals surface area contributed by atoms with Crippen LogP contribution >= 0.6 is 12.2 Å². The van der Waals surface area contributed by atoms with Gasteiger partial charge in [0.2, 0.25) is 5.91 Å². The molecule has 0 aliphatic rings. The van der Waals surface area contributed by atoms with Gasteiger partial charge in [0.05, 0.1) is 0 Å². The number of carbonyl (C=O) groups is 2. The number of ketones is 1. The van der Waals surface area contributed by atoms with Gasteiger partial charge >= 0.3 is 0 Å². The minimum Gasteiger partial charge on any atom is -0.332 e. The highest BCUT2D eigenvalue weighted by Crippen LogP contribution is 2.09. The van der Waals surface area contributed by atoms with Crippen LogP contribution in [0.5, 0.6) is 0 Å². The molecule has 1 amide bonds. The highest BCUT2D eigenvalue weighted by atomic mass is 32.1. The summed E-state index contributed by atoms with van der Waals surface area (Å²) < 4.78 is 0. The number of hydrogen-bond donors (Lipinski definition) is 2. The van der Waals surface area contributed by atoms with Gasteiger partial charge in [-0.05, 0) is 43.4 Å².